The first-order chi connectivity index (χ1) is 7.73. The molecule has 1 saturated heterocycles. The Morgan fingerprint density at radius 1 is 1.44 bits per heavy atom. The van der Waals surface area contributed by atoms with Crippen LogP contribution in [-0.2, 0) is 16.0 Å². The lowest BCUT2D eigenvalue weighted by atomic mass is 9.93. The van der Waals surface area contributed by atoms with Gasteiger partial charge in [-0.1, -0.05) is 30.3 Å². The second-order valence-corrected chi connectivity index (χ2v) is 3.99. The molecule has 0 radical (unpaired) electrons. The highest BCUT2D eigenvalue weighted by Crippen LogP contribution is 2.20. The molecule has 0 aliphatic carbocycles. The molecule has 1 aliphatic heterocycles. The molecule has 86 valence electrons. The van der Waals surface area contributed by atoms with Crippen molar-refractivity contribution in [2.75, 3.05) is 19.7 Å². The molecule has 1 aliphatic rings. The number of carboxylic acid groups (broad SMARTS) is 1. The number of hydrogen-bond acceptors (Lipinski definition) is 3. The monoisotopic (exact) mass is 221 g/mol. The van der Waals surface area contributed by atoms with Gasteiger partial charge in [0, 0.05) is 19.5 Å². The number of nitrogens with one attached hydrogen (secondary N) is 1. The lowest BCUT2D eigenvalue weighted by molar-refractivity contribution is -0.169. The predicted molar refractivity (Wildman–Crippen MR) is 59.3 cm³/mol. The summed E-state index contributed by atoms with van der Waals surface area (Å²) in [6, 6.07) is 9.56. The minimum absolute atomic E-state index is 0.358. The van der Waals surface area contributed by atoms with Gasteiger partial charge in [-0.15, -0.1) is 0 Å². The highest BCUT2D eigenvalue weighted by atomic mass is 16.5. The van der Waals surface area contributed by atoms with Crippen LogP contribution in [0.1, 0.15) is 5.56 Å². The van der Waals surface area contributed by atoms with Crippen LogP contribution in [0.2, 0.25) is 0 Å². The van der Waals surface area contributed by atoms with E-state index >= 15 is 0 Å². The molecule has 4 nitrogen and oxygen atoms in total. The molecule has 1 aromatic carbocycles. The maximum Gasteiger partial charge on any atom is 0.337 e. The van der Waals surface area contributed by atoms with E-state index in [0.29, 0.717) is 26.1 Å². The van der Waals surface area contributed by atoms with Gasteiger partial charge in [-0.3, -0.25) is 0 Å². The van der Waals surface area contributed by atoms with Crippen molar-refractivity contribution < 1.29 is 14.6 Å². The summed E-state index contributed by atoms with van der Waals surface area (Å²) in [7, 11) is 0. The number of rotatable bonds is 3. The predicted octanol–water partition coefficient (Wildman–Crippen LogP) is 0.672. The zero-order chi connectivity index (χ0) is 11.4. The standard InChI is InChI=1S/C12H15NO3/c14-11(15)12(9-13-6-7-16-12)8-10-4-2-1-3-5-10/h1-5,13H,6-9H2,(H,14,15). The molecule has 1 fully saturated rings. The highest BCUT2D eigenvalue weighted by molar-refractivity contribution is 5.78. The van der Waals surface area contributed by atoms with Crippen LogP contribution in [0, 0.1) is 0 Å². The Morgan fingerprint density at radius 3 is 2.75 bits per heavy atom. The van der Waals surface area contributed by atoms with E-state index in [-0.39, 0.29) is 0 Å². The number of morpholine rings is 1. The van der Waals surface area contributed by atoms with Crippen LogP contribution in [0.3, 0.4) is 0 Å². The van der Waals surface area contributed by atoms with Crippen molar-refractivity contribution in [3.63, 3.8) is 0 Å². The van der Waals surface area contributed by atoms with Gasteiger partial charge in [-0.2, -0.15) is 0 Å². The number of carbonyl (C=O) groups is 1. The average Bonchev–Trinajstić information content (AvgIpc) is 2.31. The summed E-state index contributed by atoms with van der Waals surface area (Å²) < 4.78 is 5.47. The van der Waals surface area contributed by atoms with E-state index in [1.54, 1.807) is 0 Å². The van der Waals surface area contributed by atoms with Crippen molar-refractivity contribution in [3.8, 4) is 0 Å². The topological polar surface area (TPSA) is 58.6 Å². The molecule has 0 amide bonds. The minimum Gasteiger partial charge on any atom is -0.479 e. The average molecular weight is 221 g/mol. The van der Waals surface area contributed by atoms with E-state index < -0.39 is 11.6 Å². The zero-order valence-electron chi connectivity index (χ0n) is 8.98. The van der Waals surface area contributed by atoms with Gasteiger partial charge in [0.2, 0.25) is 0 Å². The Kier molecular flexibility index (Phi) is 3.22. The smallest absolute Gasteiger partial charge is 0.337 e. The number of aliphatic carboxylic acids is 1. The second kappa shape index (κ2) is 4.63. The molecule has 0 spiro atoms. The lowest BCUT2D eigenvalue weighted by Gasteiger charge is -2.33. The summed E-state index contributed by atoms with van der Waals surface area (Å²) in [5, 5.41) is 12.4. The fourth-order valence-corrected chi connectivity index (χ4v) is 1.91. The van der Waals surface area contributed by atoms with Crippen LogP contribution in [0.4, 0.5) is 0 Å². The van der Waals surface area contributed by atoms with Crippen molar-refractivity contribution >= 4 is 5.97 Å². The molecule has 1 heterocycles. The van der Waals surface area contributed by atoms with E-state index in [9.17, 15) is 9.90 Å². The van der Waals surface area contributed by atoms with Crippen LogP contribution in [0.25, 0.3) is 0 Å². The molecule has 1 atom stereocenters. The fourth-order valence-electron chi connectivity index (χ4n) is 1.91. The summed E-state index contributed by atoms with van der Waals surface area (Å²) in [5.41, 5.74) is -0.131. The molecule has 4 heteroatoms. The Hall–Kier alpha value is -1.39. The molecule has 2 rings (SSSR count). The van der Waals surface area contributed by atoms with Gasteiger partial charge in [0.1, 0.15) is 0 Å². The van der Waals surface area contributed by atoms with Gasteiger partial charge in [0.05, 0.1) is 6.61 Å². The maximum atomic E-state index is 11.3. The van der Waals surface area contributed by atoms with Gasteiger partial charge in [-0.05, 0) is 5.56 Å². The summed E-state index contributed by atoms with van der Waals surface area (Å²) in [5.74, 6) is -0.899. The van der Waals surface area contributed by atoms with E-state index in [4.69, 9.17) is 4.74 Å². The summed E-state index contributed by atoms with van der Waals surface area (Å²) in [6.45, 7) is 1.51. The second-order valence-electron chi connectivity index (χ2n) is 3.99. The van der Waals surface area contributed by atoms with Crippen LogP contribution in [0.15, 0.2) is 30.3 Å². The van der Waals surface area contributed by atoms with E-state index in [0.717, 1.165) is 5.56 Å². The maximum absolute atomic E-state index is 11.3. The Labute approximate surface area is 94.2 Å². The van der Waals surface area contributed by atoms with E-state index in [2.05, 4.69) is 5.32 Å². The van der Waals surface area contributed by atoms with Crippen LogP contribution >= 0.6 is 0 Å². The van der Waals surface area contributed by atoms with Crippen LogP contribution in [0.5, 0.6) is 0 Å². The normalized spacial score (nSPS) is 25.2. The molecule has 0 aromatic heterocycles. The number of hydrogen-bond donors (Lipinski definition) is 2. The Balaban J connectivity index is 2.17. The first-order valence-electron chi connectivity index (χ1n) is 5.35. The van der Waals surface area contributed by atoms with Gasteiger partial charge < -0.3 is 15.2 Å². The largest absolute Gasteiger partial charge is 0.479 e. The summed E-state index contributed by atoms with van der Waals surface area (Å²) in [4.78, 5) is 11.3. The summed E-state index contributed by atoms with van der Waals surface area (Å²) >= 11 is 0. The van der Waals surface area contributed by atoms with Crippen molar-refractivity contribution in [3.05, 3.63) is 35.9 Å². The molecule has 0 saturated carbocycles. The highest BCUT2D eigenvalue weighted by Gasteiger charge is 2.41. The minimum atomic E-state index is -1.11. The zero-order valence-corrected chi connectivity index (χ0v) is 8.98. The van der Waals surface area contributed by atoms with Gasteiger partial charge in [-0.25, -0.2) is 4.79 Å². The van der Waals surface area contributed by atoms with Gasteiger partial charge >= 0.3 is 5.97 Å². The first-order valence-corrected chi connectivity index (χ1v) is 5.35. The molecule has 0 bridgehead atoms. The summed E-state index contributed by atoms with van der Waals surface area (Å²) in [6.07, 6.45) is 0.399. The van der Waals surface area contributed by atoms with Crippen LogP contribution < -0.4 is 5.32 Å². The fraction of sp³-hybridized carbons (Fsp3) is 0.417. The van der Waals surface area contributed by atoms with Crippen molar-refractivity contribution in [1.82, 2.24) is 5.32 Å². The molecule has 1 unspecified atom stereocenters. The quantitative estimate of drug-likeness (QED) is 0.787. The molecule has 1 aromatic rings. The van der Waals surface area contributed by atoms with Gasteiger partial charge in [0.25, 0.3) is 0 Å². The SMILES string of the molecule is O=C(O)C1(Cc2ccccc2)CNCCO1. The van der Waals surface area contributed by atoms with Gasteiger partial charge in [0.15, 0.2) is 5.60 Å². The third-order valence-electron chi connectivity index (χ3n) is 2.79. The van der Waals surface area contributed by atoms with Crippen molar-refractivity contribution in [2.45, 2.75) is 12.0 Å². The Morgan fingerprint density at radius 2 is 2.19 bits per heavy atom. The molecule has 16 heavy (non-hydrogen) atoms. The third kappa shape index (κ3) is 2.23. The number of carboxylic acids is 1. The molecule has 2 N–H and O–H groups in total. The number of benzene rings is 1. The first kappa shape index (κ1) is 11.1. The third-order valence-corrected chi connectivity index (χ3v) is 2.79. The van der Waals surface area contributed by atoms with E-state index in [1.807, 2.05) is 30.3 Å². The van der Waals surface area contributed by atoms with Crippen molar-refractivity contribution in [1.29, 1.82) is 0 Å². The van der Waals surface area contributed by atoms with Crippen molar-refractivity contribution in [2.24, 2.45) is 0 Å². The molecular weight excluding hydrogens is 206 g/mol. The van der Waals surface area contributed by atoms with Crippen LogP contribution in [-0.4, -0.2) is 36.4 Å². The van der Waals surface area contributed by atoms with E-state index in [1.165, 1.54) is 0 Å². The lowest BCUT2D eigenvalue weighted by Crippen LogP contribution is -2.56. The number of ether oxygens (including phenoxy) is 1. The molecular formula is C12H15NO3. The Bertz CT molecular complexity index is 358.